The molecule has 0 radical (unpaired) electrons. The van der Waals surface area contributed by atoms with Crippen molar-refractivity contribution in [1.29, 1.82) is 0 Å². The number of hydrogen-bond donors (Lipinski definition) is 0. The molecule has 1 aromatic carbocycles. The van der Waals surface area contributed by atoms with E-state index in [2.05, 4.69) is 10.1 Å². The lowest BCUT2D eigenvalue weighted by Crippen LogP contribution is -2.23. The number of fused-ring (bicyclic) bond motifs is 1. The van der Waals surface area contributed by atoms with Crippen molar-refractivity contribution in [1.82, 2.24) is 14.6 Å². The van der Waals surface area contributed by atoms with Crippen molar-refractivity contribution in [2.75, 3.05) is 0 Å². The van der Waals surface area contributed by atoms with E-state index < -0.39 is 0 Å². The van der Waals surface area contributed by atoms with Crippen LogP contribution in [0.3, 0.4) is 0 Å². The van der Waals surface area contributed by atoms with Crippen LogP contribution in [0.15, 0.2) is 46.6 Å². The van der Waals surface area contributed by atoms with Crippen molar-refractivity contribution < 1.29 is 0 Å². The second kappa shape index (κ2) is 6.32. The van der Waals surface area contributed by atoms with Crippen LogP contribution in [0.2, 0.25) is 5.02 Å². The van der Waals surface area contributed by atoms with Crippen LogP contribution in [0.25, 0.3) is 23.2 Å². The summed E-state index contributed by atoms with van der Waals surface area (Å²) in [6.45, 7) is 0. The minimum absolute atomic E-state index is 0.182. The van der Waals surface area contributed by atoms with E-state index in [0.29, 0.717) is 20.3 Å². The van der Waals surface area contributed by atoms with Crippen LogP contribution >= 0.6 is 34.3 Å². The molecule has 0 N–H and O–H groups in total. The molecule has 0 amide bonds. The van der Waals surface area contributed by atoms with Gasteiger partial charge in [-0.2, -0.15) is 9.50 Å². The molecular weight excluding hydrogens is 362 g/mol. The molecule has 4 aromatic rings. The highest BCUT2D eigenvalue weighted by Gasteiger charge is 2.09. The Morgan fingerprint density at radius 3 is 2.75 bits per heavy atom. The van der Waals surface area contributed by atoms with Crippen LogP contribution in [0.5, 0.6) is 0 Å². The molecule has 7 heteroatoms. The number of benzene rings is 1. The van der Waals surface area contributed by atoms with E-state index >= 15 is 0 Å². The molecule has 3 aromatic heterocycles. The van der Waals surface area contributed by atoms with E-state index in [1.807, 2.05) is 47.9 Å². The van der Waals surface area contributed by atoms with Crippen molar-refractivity contribution in [2.45, 2.75) is 0 Å². The Morgan fingerprint density at radius 2 is 2.00 bits per heavy atom. The van der Waals surface area contributed by atoms with E-state index in [1.165, 1.54) is 15.9 Å². The summed E-state index contributed by atoms with van der Waals surface area (Å²) < 4.78 is 1.90. The van der Waals surface area contributed by atoms with Gasteiger partial charge in [0.25, 0.3) is 5.56 Å². The van der Waals surface area contributed by atoms with Crippen LogP contribution in [-0.4, -0.2) is 14.6 Å². The summed E-state index contributed by atoms with van der Waals surface area (Å²) in [4.78, 5) is 18.5. The Morgan fingerprint density at radius 1 is 1.12 bits per heavy atom. The van der Waals surface area contributed by atoms with Crippen molar-refractivity contribution >= 4 is 57.5 Å². The fourth-order valence-electron chi connectivity index (χ4n) is 2.20. The Bertz CT molecular complexity index is 1140. The zero-order chi connectivity index (χ0) is 16.5. The van der Waals surface area contributed by atoms with Gasteiger partial charge < -0.3 is 0 Å². The summed E-state index contributed by atoms with van der Waals surface area (Å²) in [6, 6.07) is 11.4. The summed E-state index contributed by atoms with van der Waals surface area (Å²) in [5.74, 6) is 0.524. The maximum atomic E-state index is 12.5. The Labute approximate surface area is 150 Å². The van der Waals surface area contributed by atoms with Crippen molar-refractivity contribution in [3.05, 3.63) is 78.0 Å². The van der Waals surface area contributed by atoms with Gasteiger partial charge in [-0.15, -0.1) is 16.4 Å². The molecule has 0 aliphatic rings. The van der Waals surface area contributed by atoms with Crippen LogP contribution in [0.1, 0.15) is 16.3 Å². The van der Waals surface area contributed by atoms with Crippen molar-refractivity contribution in [2.24, 2.45) is 0 Å². The number of thiophene rings is 1. The Kier molecular flexibility index (Phi) is 4.02. The first-order valence-corrected chi connectivity index (χ1v) is 9.15. The summed E-state index contributed by atoms with van der Waals surface area (Å²) in [7, 11) is 0. The summed E-state index contributed by atoms with van der Waals surface area (Å²) in [5.41, 5.74) is 0.622. The SMILES string of the molecule is O=c1/c(=C/c2ccccc2Cl)sc2nc(/C=C/c3cccs3)nn12. The second-order valence-electron chi connectivity index (χ2n) is 4.95. The van der Waals surface area contributed by atoms with Gasteiger partial charge in [-0.1, -0.05) is 47.2 Å². The van der Waals surface area contributed by atoms with Crippen LogP contribution in [0, 0.1) is 0 Å². The van der Waals surface area contributed by atoms with Gasteiger partial charge >= 0.3 is 0 Å². The van der Waals surface area contributed by atoms with E-state index in [4.69, 9.17) is 11.6 Å². The highest BCUT2D eigenvalue weighted by molar-refractivity contribution is 7.15. The van der Waals surface area contributed by atoms with Gasteiger partial charge in [0.15, 0.2) is 5.82 Å². The van der Waals surface area contributed by atoms with Crippen LogP contribution < -0.4 is 10.1 Å². The van der Waals surface area contributed by atoms with Gasteiger partial charge in [0.05, 0.1) is 4.53 Å². The molecule has 4 nitrogen and oxygen atoms in total. The third-order valence-corrected chi connectivity index (χ3v) is 5.47. The standard InChI is InChI=1S/C17H10ClN3OS2/c18-13-6-2-1-4-11(13)10-14-16(22)21-17(24-14)19-15(20-21)8-7-12-5-3-9-23-12/h1-10H/b8-7+,14-10-. The van der Waals surface area contributed by atoms with E-state index in [-0.39, 0.29) is 5.56 Å². The molecule has 0 saturated carbocycles. The van der Waals surface area contributed by atoms with E-state index in [0.717, 1.165) is 10.4 Å². The smallest absolute Gasteiger partial charge is 0.266 e. The average molecular weight is 372 g/mol. The minimum atomic E-state index is -0.182. The monoisotopic (exact) mass is 371 g/mol. The van der Waals surface area contributed by atoms with E-state index in [1.54, 1.807) is 23.5 Å². The van der Waals surface area contributed by atoms with Gasteiger partial charge in [0.1, 0.15) is 0 Å². The molecule has 3 heterocycles. The average Bonchev–Trinajstić information content (AvgIpc) is 3.27. The van der Waals surface area contributed by atoms with Gasteiger partial charge in [0.2, 0.25) is 4.96 Å². The zero-order valence-electron chi connectivity index (χ0n) is 12.2. The molecule has 0 bridgehead atoms. The minimum Gasteiger partial charge on any atom is -0.266 e. The maximum absolute atomic E-state index is 12.5. The number of rotatable bonds is 3. The predicted molar refractivity (Wildman–Crippen MR) is 101 cm³/mol. The normalized spacial score (nSPS) is 12.6. The first-order valence-electron chi connectivity index (χ1n) is 7.08. The molecule has 0 aliphatic carbocycles. The van der Waals surface area contributed by atoms with Crippen LogP contribution in [-0.2, 0) is 0 Å². The number of nitrogens with zero attached hydrogens (tertiary/aromatic N) is 3. The topological polar surface area (TPSA) is 47.3 Å². The molecule has 0 spiro atoms. The largest absolute Gasteiger partial charge is 0.291 e. The molecule has 4 rings (SSSR count). The Balaban J connectivity index is 1.74. The van der Waals surface area contributed by atoms with Gasteiger partial charge in [-0.05, 0) is 41.3 Å². The summed E-state index contributed by atoms with van der Waals surface area (Å²) in [6.07, 6.45) is 5.51. The first-order chi connectivity index (χ1) is 11.7. The van der Waals surface area contributed by atoms with Crippen molar-refractivity contribution in [3.8, 4) is 0 Å². The van der Waals surface area contributed by atoms with Crippen LogP contribution in [0.4, 0.5) is 0 Å². The maximum Gasteiger partial charge on any atom is 0.291 e. The molecule has 24 heavy (non-hydrogen) atoms. The quantitative estimate of drug-likeness (QED) is 0.553. The fraction of sp³-hybridized carbons (Fsp3) is 0. The lowest BCUT2D eigenvalue weighted by molar-refractivity contribution is 0.925. The number of thiazole rings is 1. The molecule has 0 atom stereocenters. The second-order valence-corrected chi connectivity index (χ2v) is 7.35. The molecule has 0 saturated heterocycles. The van der Waals surface area contributed by atoms with Gasteiger partial charge in [-0.25, -0.2) is 0 Å². The number of halogens is 1. The lowest BCUT2D eigenvalue weighted by atomic mass is 10.2. The number of aromatic nitrogens is 3. The highest BCUT2D eigenvalue weighted by atomic mass is 35.5. The summed E-state index contributed by atoms with van der Waals surface area (Å²) >= 11 is 9.08. The molecule has 0 fully saturated rings. The zero-order valence-corrected chi connectivity index (χ0v) is 14.6. The van der Waals surface area contributed by atoms with E-state index in [9.17, 15) is 4.79 Å². The van der Waals surface area contributed by atoms with Gasteiger partial charge in [-0.3, -0.25) is 4.79 Å². The highest BCUT2D eigenvalue weighted by Crippen LogP contribution is 2.16. The fourth-order valence-corrected chi connectivity index (χ4v) is 3.91. The molecular formula is C17H10ClN3OS2. The third-order valence-electron chi connectivity index (χ3n) is 3.33. The third kappa shape index (κ3) is 2.91. The molecule has 0 aliphatic heterocycles. The van der Waals surface area contributed by atoms with Crippen molar-refractivity contribution in [3.63, 3.8) is 0 Å². The molecule has 118 valence electrons. The predicted octanol–water partition coefficient (Wildman–Crippen LogP) is 3.58. The number of hydrogen-bond acceptors (Lipinski definition) is 5. The van der Waals surface area contributed by atoms with Gasteiger partial charge in [0, 0.05) is 9.90 Å². The molecule has 0 unspecified atom stereocenters. The lowest BCUT2D eigenvalue weighted by Gasteiger charge is -1.94. The Hall–Kier alpha value is -2.28. The first kappa shape index (κ1) is 15.3. The summed E-state index contributed by atoms with van der Waals surface area (Å²) in [5, 5.41) is 6.88.